The van der Waals surface area contributed by atoms with Crippen LogP contribution in [0.4, 0.5) is 10.5 Å². The SMILES string of the molecule is O=C(Nc1ccc2ccccc2c1)N1CC(N2CCC(c3ccccc3)CC2)C1. The van der Waals surface area contributed by atoms with Gasteiger partial charge in [-0.05, 0) is 60.3 Å². The monoisotopic (exact) mass is 385 g/mol. The van der Waals surface area contributed by atoms with Gasteiger partial charge in [0.25, 0.3) is 0 Å². The first-order valence-electron chi connectivity index (χ1n) is 10.6. The normalized spacial score (nSPS) is 18.6. The molecular formula is C25H27N3O. The zero-order valence-corrected chi connectivity index (χ0v) is 16.6. The standard InChI is InChI=1S/C25H27N3O/c29-25(26-23-11-10-20-8-4-5-9-22(20)16-23)28-17-24(18-28)27-14-12-21(13-15-27)19-6-2-1-3-7-19/h1-11,16,21,24H,12-15,17-18H2,(H,26,29). The number of carbonyl (C=O) groups is 1. The minimum absolute atomic E-state index is 0.00991. The van der Waals surface area contributed by atoms with Gasteiger partial charge in [0.2, 0.25) is 0 Å². The molecule has 29 heavy (non-hydrogen) atoms. The van der Waals surface area contributed by atoms with Gasteiger partial charge < -0.3 is 10.2 Å². The summed E-state index contributed by atoms with van der Waals surface area (Å²) in [6, 6.07) is 25.7. The molecule has 4 heteroatoms. The fourth-order valence-electron chi connectivity index (χ4n) is 4.64. The lowest BCUT2D eigenvalue weighted by Crippen LogP contribution is -2.62. The molecule has 0 atom stereocenters. The molecule has 2 aliphatic heterocycles. The molecule has 0 spiro atoms. The van der Waals surface area contributed by atoms with Crippen LogP contribution < -0.4 is 5.32 Å². The molecule has 0 unspecified atom stereocenters. The predicted molar refractivity (Wildman–Crippen MR) is 118 cm³/mol. The van der Waals surface area contributed by atoms with Crippen LogP contribution in [0.15, 0.2) is 72.8 Å². The van der Waals surface area contributed by atoms with Crippen LogP contribution in [0.5, 0.6) is 0 Å². The first-order chi connectivity index (χ1) is 14.3. The van der Waals surface area contributed by atoms with E-state index in [0.29, 0.717) is 12.0 Å². The Morgan fingerprint density at radius 3 is 2.28 bits per heavy atom. The number of amides is 2. The van der Waals surface area contributed by atoms with Crippen molar-refractivity contribution in [2.75, 3.05) is 31.5 Å². The lowest BCUT2D eigenvalue weighted by molar-refractivity contribution is 0.0454. The summed E-state index contributed by atoms with van der Waals surface area (Å²) in [6.45, 7) is 3.92. The minimum Gasteiger partial charge on any atom is -0.321 e. The van der Waals surface area contributed by atoms with Gasteiger partial charge in [0.05, 0.1) is 0 Å². The van der Waals surface area contributed by atoms with E-state index in [1.54, 1.807) is 0 Å². The Labute approximate surface area is 172 Å². The van der Waals surface area contributed by atoms with Gasteiger partial charge in [0.1, 0.15) is 0 Å². The summed E-state index contributed by atoms with van der Waals surface area (Å²) in [7, 11) is 0. The van der Waals surface area contributed by atoms with Gasteiger partial charge in [0.15, 0.2) is 0 Å². The molecule has 2 amide bonds. The van der Waals surface area contributed by atoms with E-state index in [1.165, 1.54) is 23.8 Å². The number of piperidine rings is 1. The number of carbonyl (C=O) groups excluding carboxylic acids is 1. The minimum atomic E-state index is 0.00991. The van der Waals surface area contributed by atoms with E-state index in [0.717, 1.165) is 37.3 Å². The number of anilines is 1. The van der Waals surface area contributed by atoms with Gasteiger partial charge in [0, 0.05) is 24.8 Å². The maximum absolute atomic E-state index is 12.6. The summed E-state index contributed by atoms with van der Waals surface area (Å²) in [5.41, 5.74) is 2.33. The smallest absolute Gasteiger partial charge is 0.321 e. The highest BCUT2D eigenvalue weighted by atomic mass is 16.2. The van der Waals surface area contributed by atoms with Crippen LogP contribution in [0.25, 0.3) is 10.8 Å². The third-order valence-electron chi connectivity index (χ3n) is 6.47. The number of benzene rings is 3. The quantitative estimate of drug-likeness (QED) is 0.693. The number of hydrogen-bond acceptors (Lipinski definition) is 2. The van der Waals surface area contributed by atoms with Gasteiger partial charge >= 0.3 is 6.03 Å². The van der Waals surface area contributed by atoms with Gasteiger partial charge in [-0.2, -0.15) is 0 Å². The Balaban J connectivity index is 1.11. The average Bonchev–Trinajstić information content (AvgIpc) is 2.74. The molecule has 2 saturated heterocycles. The number of hydrogen-bond donors (Lipinski definition) is 1. The van der Waals surface area contributed by atoms with Crippen molar-refractivity contribution < 1.29 is 4.79 Å². The first kappa shape index (κ1) is 18.2. The number of nitrogens with one attached hydrogen (secondary N) is 1. The third kappa shape index (κ3) is 3.85. The fourth-order valence-corrected chi connectivity index (χ4v) is 4.64. The lowest BCUT2D eigenvalue weighted by Gasteiger charge is -2.47. The molecule has 1 N–H and O–H groups in total. The number of nitrogens with zero attached hydrogens (tertiary/aromatic N) is 2. The molecule has 0 aromatic heterocycles. The molecule has 3 aromatic carbocycles. The molecule has 3 aromatic rings. The molecule has 2 aliphatic rings. The van der Waals surface area contributed by atoms with Crippen molar-refractivity contribution in [2.24, 2.45) is 0 Å². The topological polar surface area (TPSA) is 35.6 Å². The van der Waals surface area contributed by atoms with Gasteiger partial charge in [-0.1, -0.05) is 60.7 Å². The number of likely N-dealkylation sites (tertiary alicyclic amines) is 2. The largest absolute Gasteiger partial charge is 0.321 e. The van der Waals surface area contributed by atoms with Crippen molar-refractivity contribution in [3.63, 3.8) is 0 Å². The highest BCUT2D eigenvalue weighted by Crippen LogP contribution is 2.30. The zero-order valence-electron chi connectivity index (χ0n) is 16.6. The average molecular weight is 386 g/mol. The number of rotatable bonds is 3. The van der Waals surface area contributed by atoms with Crippen LogP contribution in [0.2, 0.25) is 0 Å². The Hall–Kier alpha value is -2.85. The third-order valence-corrected chi connectivity index (χ3v) is 6.47. The molecule has 2 fully saturated rings. The van der Waals surface area contributed by atoms with Crippen LogP contribution in [0.3, 0.4) is 0 Å². The Bertz CT molecular complexity index is 989. The second-order valence-electron chi connectivity index (χ2n) is 8.27. The van der Waals surface area contributed by atoms with Gasteiger partial charge in [-0.3, -0.25) is 4.90 Å². The van der Waals surface area contributed by atoms with Crippen LogP contribution in [-0.2, 0) is 0 Å². The molecular weight excluding hydrogens is 358 g/mol. The van der Waals surface area contributed by atoms with Crippen molar-refractivity contribution in [3.05, 3.63) is 78.4 Å². The summed E-state index contributed by atoms with van der Waals surface area (Å²) in [4.78, 5) is 17.1. The second-order valence-corrected chi connectivity index (χ2v) is 8.27. The summed E-state index contributed by atoms with van der Waals surface area (Å²) >= 11 is 0. The Morgan fingerprint density at radius 1 is 0.828 bits per heavy atom. The molecule has 2 heterocycles. The van der Waals surface area contributed by atoms with Crippen LogP contribution >= 0.6 is 0 Å². The second kappa shape index (κ2) is 7.88. The maximum atomic E-state index is 12.6. The Morgan fingerprint density at radius 2 is 1.52 bits per heavy atom. The van der Waals surface area contributed by atoms with Crippen molar-refractivity contribution in [1.29, 1.82) is 0 Å². The molecule has 0 saturated carbocycles. The van der Waals surface area contributed by atoms with E-state index in [4.69, 9.17) is 0 Å². The maximum Gasteiger partial charge on any atom is 0.321 e. The van der Waals surface area contributed by atoms with Crippen molar-refractivity contribution >= 4 is 22.5 Å². The van der Waals surface area contributed by atoms with Crippen molar-refractivity contribution in [3.8, 4) is 0 Å². The predicted octanol–water partition coefficient (Wildman–Crippen LogP) is 4.94. The van der Waals surface area contributed by atoms with Gasteiger partial charge in [-0.25, -0.2) is 4.79 Å². The van der Waals surface area contributed by atoms with Crippen molar-refractivity contribution in [2.45, 2.75) is 24.8 Å². The van der Waals surface area contributed by atoms with Crippen LogP contribution in [0.1, 0.15) is 24.3 Å². The highest BCUT2D eigenvalue weighted by Gasteiger charge is 2.36. The Kier molecular flexibility index (Phi) is 4.94. The molecule has 0 radical (unpaired) electrons. The van der Waals surface area contributed by atoms with Crippen molar-refractivity contribution in [1.82, 2.24) is 9.80 Å². The van der Waals surface area contributed by atoms with E-state index < -0.39 is 0 Å². The molecule has 0 aliphatic carbocycles. The first-order valence-corrected chi connectivity index (χ1v) is 10.6. The molecule has 148 valence electrons. The van der Waals surface area contributed by atoms with Crippen LogP contribution in [-0.4, -0.2) is 48.1 Å². The van der Waals surface area contributed by atoms with Crippen LogP contribution in [0, 0.1) is 0 Å². The molecule has 5 rings (SSSR count). The number of fused-ring (bicyclic) bond motifs is 1. The van der Waals surface area contributed by atoms with E-state index >= 15 is 0 Å². The summed E-state index contributed by atoms with van der Waals surface area (Å²) < 4.78 is 0. The number of urea groups is 1. The van der Waals surface area contributed by atoms with E-state index in [1.807, 2.05) is 29.2 Å². The van der Waals surface area contributed by atoms with E-state index in [-0.39, 0.29) is 6.03 Å². The lowest BCUT2D eigenvalue weighted by atomic mass is 9.88. The van der Waals surface area contributed by atoms with E-state index in [9.17, 15) is 4.79 Å². The highest BCUT2D eigenvalue weighted by molar-refractivity contribution is 5.93. The summed E-state index contributed by atoms with van der Waals surface area (Å²) in [5.74, 6) is 0.680. The van der Waals surface area contributed by atoms with E-state index in [2.05, 4.69) is 58.7 Å². The molecule has 4 nitrogen and oxygen atoms in total. The molecule has 0 bridgehead atoms. The zero-order chi connectivity index (χ0) is 19.6. The summed E-state index contributed by atoms with van der Waals surface area (Å²) in [5, 5.41) is 5.39. The fraction of sp³-hybridized carbons (Fsp3) is 0.320. The summed E-state index contributed by atoms with van der Waals surface area (Å²) in [6.07, 6.45) is 2.42. The van der Waals surface area contributed by atoms with Gasteiger partial charge in [-0.15, -0.1) is 0 Å².